The van der Waals surface area contributed by atoms with Gasteiger partial charge in [0.05, 0.1) is 6.42 Å². The SMILES string of the molecule is C=CCC.C=CCC(=O)O. The molecule has 2 heteroatoms. The number of aliphatic carboxylic acids is 1. The third-order valence-electron chi connectivity index (χ3n) is 0.608. The smallest absolute Gasteiger partial charge is 0.307 e. The van der Waals surface area contributed by atoms with Crippen LogP contribution in [-0.4, -0.2) is 11.1 Å². The third-order valence-corrected chi connectivity index (χ3v) is 0.608. The summed E-state index contributed by atoms with van der Waals surface area (Å²) in [6.45, 7) is 8.76. The molecule has 0 aliphatic rings. The molecule has 0 radical (unpaired) electrons. The van der Waals surface area contributed by atoms with E-state index in [1.54, 1.807) is 0 Å². The normalized spacial score (nSPS) is 6.90. The summed E-state index contributed by atoms with van der Waals surface area (Å²) in [5.74, 6) is -0.829. The predicted molar refractivity (Wildman–Crippen MR) is 42.9 cm³/mol. The van der Waals surface area contributed by atoms with Crippen LogP contribution in [0.3, 0.4) is 0 Å². The van der Waals surface area contributed by atoms with Gasteiger partial charge in [0.25, 0.3) is 0 Å². The van der Waals surface area contributed by atoms with Gasteiger partial charge >= 0.3 is 5.97 Å². The number of carboxylic acid groups (broad SMARTS) is 1. The van der Waals surface area contributed by atoms with Crippen molar-refractivity contribution in [2.75, 3.05) is 0 Å². The quantitative estimate of drug-likeness (QED) is 0.613. The fourth-order valence-corrected chi connectivity index (χ4v) is 0.123. The summed E-state index contributed by atoms with van der Waals surface area (Å²) in [7, 11) is 0. The summed E-state index contributed by atoms with van der Waals surface area (Å²) in [6.07, 6.45) is 4.36. The Morgan fingerprint density at radius 1 is 1.50 bits per heavy atom. The first-order chi connectivity index (χ1) is 4.68. The van der Waals surface area contributed by atoms with Gasteiger partial charge in [0.1, 0.15) is 0 Å². The van der Waals surface area contributed by atoms with Gasteiger partial charge in [-0.25, -0.2) is 0 Å². The Balaban J connectivity index is 0. The van der Waals surface area contributed by atoms with E-state index in [4.69, 9.17) is 5.11 Å². The molecule has 0 rings (SSSR count). The summed E-state index contributed by atoms with van der Waals surface area (Å²) in [6, 6.07) is 0. The average Bonchev–Trinajstić information content (AvgIpc) is 1.89. The molecule has 0 fully saturated rings. The van der Waals surface area contributed by atoms with Gasteiger partial charge < -0.3 is 5.11 Å². The molecule has 0 bridgehead atoms. The molecule has 0 aliphatic heterocycles. The minimum atomic E-state index is -0.829. The van der Waals surface area contributed by atoms with Crippen LogP contribution in [-0.2, 0) is 4.79 Å². The van der Waals surface area contributed by atoms with Crippen molar-refractivity contribution in [1.82, 2.24) is 0 Å². The first-order valence-electron chi connectivity index (χ1n) is 3.12. The van der Waals surface area contributed by atoms with Gasteiger partial charge in [-0.3, -0.25) is 4.79 Å². The Kier molecular flexibility index (Phi) is 12.7. The van der Waals surface area contributed by atoms with Crippen LogP contribution in [0.15, 0.2) is 25.3 Å². The fourth-order valence-electron chi connectivity index (χ4n) is 0.123. The highest BCUT2D eigenvalue weighted by molar-refractivity contribution is 5.68. The van der Waals surface area contributed by atoms with Crippen molar-refractivity contribution in [2.24, 2.45) is 0 Å². The second-order valence-electron chi connectivity index (χ2n) is 1.58. The molecule has 0 unspecified atom stereocenters. The topological polar surface area (TPSA) is 37.3 Å². The van der Waals surface area contributed by atoms with E-state index in [-0.39, 0.29) is 6.42 Å². The second-order valence-corrected chi connectivity index (χ2v) is 1.58. The molecule has 0 aliphatic carbocycles. The van der Waals surface area contributed by atoms with Gasteiger partial charge in [0, 0.05) is 0 Å². The van der Waals surface area contributed by atoms with Gasteiger partial charge in [0.2, 0.25) is 0 Å². The van der Waals surface area contributed by atoms with E-state index in [0.29, 0.717) is 0 Å². The van der Waals surface area contributed by atoms with E-state index in [2.05, 4.69) is 20.1 Å². The van der Waals surface area contributed by atoms with Crippen LogP contribution in [0.1, 0.15) is 19.8 Å². The molecule has 0 saturated heterocycles. The van der Waals surface area contributed by atoms with E-state index in [1.165, 1.54) is 6.08 Å². The molecule has 1 N–H and O–H groups in total. The standard InChI is InChI=1S/C4H6O2.C4H8/c1-2-3-4(5)6;1-3-4-2/h2H,1,3H2,(H,5,6);3H,1,4H2,2H3. The minimum absolute atomic E-state index is 0.0556. The Labute approximate surface area is 61.9 Å². The van der Waals surface area contributed by atoms with Crippen LogP contribution in [0.25, 0.3) is 0 Å². The number of hydrogen-bond donors (Lipinski definition) is 1. The number of carboxylic acids is 1. The van der Waals surface area contributed by atoms with Crippen molar-refractivity contribution in [3.05, 3.63) is 25.3 Å². The summed E-state index contributed by atoms with van der Waals surface area (Å²) in [5, 5.41) is 7.84. The molecular formula is C8H14O2. The Morgan fingerprint density at radius 2 is 1.90 bits per heavy atom. The lowest BCUT2D eigenvalue weighted by molar-refractivity contribution is -0.135. The molecule has 0 spiro atoms. The van der Waals surface area contributed by atoms with E-state index in [9.17, 15) is 4.79 Å². The van der Waals surface area contributed by atoms with Crippen LogP contribution >= 0.6 is 0 Å². The largest absolute Gasteiger partial charge is 0.481 e. The second kappa shape index (κ2) is 10.8. The number of allylic oxidation sites excluding steroid dienone is 1. The van der Waals surface area contributed by atoms with Crippen molar-refractivity contribution >= 4 is 5.97 Å². The fraction of sp³-hybridized carbons (Fsp3) is 0.375. The lowest BCUT2D eigenvalue weighted by atomic mass is 10.4. The Bertz CT molecular complexity index is 106. The number of hydrogen-bond acceptors (Lipinski definition) is 1. The molecule has 58 valence electrons. The molecule has 0 saturated carbocycles. The van der Waals surface area contributed by atoms with Gasteiger partial charge in [-0.2, -0.15) is 0 Å². The molecule has 10 heavy (non-hydrogen) atoms. The van der Waals surface area contributed by atoms with Crippen LogP contribution < -0.4 is 0 Å². The third kappa shape index (κ3) is 28.3. The van der Waals surface area contributed by atoms with Crippen LogP contribution in [0.5, 0.6) is 0 Å². The first kappa shape index (κ1) is 11.7. The highest BCUT2D eigenvalue weighted by Crippen LogP contribution is 1.74. The van der Waals surface area contributed by atoms with Crippen molar-refractivity contribution in [2.45, 2.75) is 19.8 Å². The molecule has 2 nitrogen and oxygen atoms in total. The van der Waals surface area contributed by atoms with E-state index in [0.717, 1.165) is 6.42 Å². The molecule has 0 heterocycles. The van der Waals surface area contributed by atoms with Gasteiger partial charge in [-0.1, -0.05) is 19.1 Å². The maximum absolute atomic E-state index is 9.53. The van der Waals surface area contributed by atoms with E-state index in [1.807, 2.05) is 6.08 Å². The van der Waals surface area contributed by atoms with Crippen LogP contribution in [0, 0.1) is 0 Å². The highest BCUT2D eigenvalue weighted by atomic mass is 16.4. The van der Waals surface area contributed by atoms with Gasteiger partial charge in [0.15, 0.2) is 0 Å². The highest BCUT2D eigenvalue weighted by Gasteiger charge is 1.84. The van der Waals surface area contributed by atoms with Crippen molar-refractivity contribution in [3.63, 3.8) is 0 Å². The molecule has 0 atom stereocenters. The lowest BCUT2D eigenvalue weighted by Crippen LogP contribution is -1.88. The van der Waals surface area contributed by atoms with Crippen LogP contribution in [0.2, 0.25) is 0 Å². The molecule has 0 aromatic carbocycles. The van der Waals surface area contributed by atoms with E-state index < -0.39 is 5.97 Å². The lowest BCUT2D eigenvalue weighted by Gasteiger charge is -1.75. The zero-order chi connectivity index (χ0) is 8.41. The maximum atomic E-state index is 9.53. The molecule has 0 aromatic rings. The zero-order valence-electron chi connectivity index (χ0n) is 6.34. The number of rotatable bonds is 3. The Morgan fingerprint density at radius 3 is 1.90 bits per heavy atom. The average molecular weight is 142 g/mol. The molecule has 0 aromatic heterocycles. The Hall–Kier alpha value is -1.05. The molecule has 0 amide bonds. The minimum Gasteiger partial charge on any atom is -0.481 e. The monoisotopic (exact) mass is 142 g/mol. The number of carbonyl (C=O) groups is 1. The summed E-state index contributed by atoms with van der Waals surface area (Å²) < 4.78 is 0. The van der Waals surface area contributed by atoms with Crippen molar-refractivity contribution in [3.8, 4) is 0 Å². The van der Waals surface area contributed by atoms with Crippen molar-refractivity contribution in [1.29, 1.82) is 0 Å². The summed E-state index contributed by atoms with van der Waals surface area (Å²) in [4.78, 5) is 9.53. The maximum Gasteiger partial charge on any atom is 0.307 e. The van der Waals surface area contributed by atoms with Crippen molar-refractivity contribution < 1.29 is 9.90 Å². The predicted octanol–water partition coefficient (Wildman–Crippen LogP) is 2.23. The van der Waals surface area contributed by atoms with Crippen LogP contribution in [0.4, 0.5) is 0 Å². The zero-order valence-corrected chi connectivity index (χ0v) is 6.34. The van der Waals surface area contributed by atoms with E-state index >= 15 is 0 Å². The molecular weight excluding hydrogens is 128 g/mol. The van der Waals surface area contributed by atoms with Gasteiger partial charge in [-0.15, -0.1) is 13.2 Å². The summed E-state index contributed by atoms with van der Waals surface area (Å²) >= 11 is 0. The first-order valence-corrected chi connectivity index (χ1v) is 3.12. The van der Waals surface area contributed by atoms with Gasteiger partial charge in [-0.05, 0) is 6.42 Å². The summed E-state index contributed by atoms with van der Waals surface area (Å²) in [5.41, 5.74) is 0.